The Kier molecular flexibility index (Phi) is 4.03. The Labute approximate surface area is 83.1 Å². The standard InChI is InChI=1S/C9H16N2O3/c1-4-7(13-3)9-10-8(14-11-9)5-6(2)12/h6-7,12H,4-5H2,1-3H3. The molecule has 14 heavy (non-hydrogen) atoms. The third kappa shape index (κ3) is 2.78. The molecule has 1 aromatic heterocycles. The van der Waals surface area contributed by atoms with Crippen LogP contribution in [0.5, 0.6) is 0 Å². The Hall–Kier alpha value is -0.940. The van der Waals surface area contributed by atoms with Gasteiger partial charge in [-0.15, -0.1) is 0 Å². The first-order chi connectivity index (χ1) is 6.67. The molecule has 1 aromatic rings. The van der Waals surface area contributed by atoms with E-state index in [-0.39, 0.29) is 6.10 Å². The lowest BCUT2D eigenvalue weighted by molar-refractivity contribution is 0.0903. The van der Waals surface area contributed by atoms with Crippen LogP contribution >= 0.6 is 0 Å². The van der Waals surface area contributed by atoms with Crippen molar-refractivity contribution in [3.8, 4) is 0 Å². The fourth-order valence-corrected chi connectivity index (χ4v) is 1.19. The molecule has 2 atom stereocenters. The second-order valence-corrected chi connectivity index (χ2v) is 3.23. The van der Waals surface area contributed by atoms with Crippen molar-refractivity contribution in [2.75, 3.05) is 7.11 Å². The zero-order valence-electron chi connectivity index (χ0n) is 8.73. The van der Waals surface area contributed by atoms with Crippen LogP contribution in [0.2, 0.25) is 0 Å². The maximum absolute atomic E-state index is 9.11. The van der Waals surface area contributed by atoms with Crippen molar-refractivity contribution in [3.63, 3.8) is 0 Å². The highest BCUT2D eigenvalue weighted by molar-refractivity contribution is 4.91. The third-order valence-corrected chi connectivity index (χ3v) is 1.90. The summed E-state index contributed by atoms with van der Waals surface area (Å²) in [6.45, 7) is 3.66. The van der Waals surface area contributed by atoms with Gasteiger partial charge in [-0.3, -0.25) is 0 Å². The summed E-state index contributed by atoms with van der Waals surface area (Å²) in [5.41, 5.74) is 0. The Morgan fingerprint density at radius 3 is 2.79 bits per heavy atom. The summed E-state index contributed by atoms with van der Waals surface area (Å²) in [5.74, 6) is 0.996. The quantitative estimate of drug-likeness (QED) is 0.770. The van der Waals surface area contributed by atoms with E-state index in [0.29, 0.717) is 18.1 Å². The topological polar surface area (TPSA) is 68.4 Å². The summed E-state index contributed by atoms with van der Waals surface area (Å²) in [5, 5.41) is 12.9. The molecule has 1 heterocycles. The first-order valence-electron chi connectivity index (χ1n) is 4.70. The Balaban J connectivity index is 2.66. The second-order valence-electron chi connectivity index (χ2n) is 3.23. The van der Waals surface area contributed by atoms with Crippen LogP contribution in [0.3, 0.4) is 0 Å². The van der Waals surface area contributed by atoms with Gasteiger partial charge in [0.1, 0.15) is 6.10 Å². The smallest absolute Gasteiger partial charge is 0.229 e. The number of nitrogens with zero attached hydrogens (tertiary/aromatic N) is 2. The molecule has 1 rings (SSSR count). The molecule has 2 unspecified atom stereocenters. The van der Waals surface area contributed by atoms with Crippen molar-refractivity contribution in [1.29, 1.82) is 0 Å². The van der Waals surface area contributed by atoms with Crippen LogP contribution in [0.15, 0.2) is 4.52 Å². The Morgan fingerprint density at radius 1 is 1.57 bits per heavy atom. The van der Waals surface area contributed by atoms with E-state index in [0.717, 1.165) is 6.42 Å². The van der Waals surface area contributed by atoms with Gasteiger partial charge < -0.3 is 14.4 Å². The van der Waals surface area contributed by atoms with Gasteiger partial charge in [0.25, 0.3) is 0 Å². The van der Waals surface area contributed by atoms with Crippen molar-refractivity contribution >= 4 is 0 Å². The van der Waals surface area contributed by atoms with Gasteiger partial charge in [0.2, 0.25) is 11.7 Å². The zero-order chi connectivity index (χ0) is 10.6. The Morgan fingerprint density at radius 2 is 2.29 bits per heavy atom. The van der Waals surface area contributed by atoms with E-state index >= 15 is 0 Å². The average Bonchev–Trinajstić information content (AvgIpc) is 2.54. The molecule has 0 saturated carbocycles. The van der Waals surface area contributed by atoms with Crippen molar-refractivity contribution in [1.82, 2.24) is 10.1 Å². The summed E-state index contributed by atoms with van der Waals surface area (Å²) < 4.78 is 10.1. The van der Waals surface area contributed by atoms with Crippen LogP contribution in [-0.2, 0) is 11.2 Å². The lowest BCUT2D eigenvalue weighted by Gasteiger charge is -2.06. The number of hydrogen-bond acceptors (Lipinski definition) is 5. The molecule has 0 fully saturated rings. The highest BCUT2D eigenvalue weighted by Crippen LogP contribution is 2.16. The molecule has 80 valence electrons. The van der Waals surface area contributed by atoms with Crippen molar-refractivity contribution < 1.29 is 14.4 Å². The van der Waals surface area contributed by atoms with Crippen LogP contribution in [-0.4, -0.2) is 28.5 Å². The SMILES string of the molecule is CCC(OC)c1noc(CC(C)O)n1. The second kappa shape index (κ2) is 5.07. The van der Waals surface area contributed by atoms with Gasteiger partial charge in [0, 0.05) is 7.11 Å². The van der Waals surface area contributed by atoms with E-state index in [2.05, 4.69) is 10.1 Å². The van der Waals surface area contributed by atoms with E-state index in [1.54, 1.807) is 14.0 Å². The number of aromatic nitrogens is 2. The van der Waals surface area contributed by atoms with Gasteiger partial charge in [-0.25, -0.2) is 0 Å². The van der Waals surface area contributed by atoms with Crippen molar-refractivity contribution in [3.05, 3.63) is 11.7 Å². The van der Waals surface area contributed by atoms with E-state index in [1.165, 1.54) is 0 Å². The summed E-state index contributed by atoms with van der Waals surface area (Å²) in [4.78, 5) is 4.13. The van der Waals surface area contributed by atoms with Crippen LogP contribution < -0.4 is 0 Å². The summed E-state index contributed by atoms with van der Waals surface area (Å²) in [6, 6.07) is 0. The molecular formula is C9H16N2O3. The van der Waals surface area contributed by atoms with Gasteiger partial charge in [-0.2, -0.15) is 4.98 Å². The molecule has 0 spiro atoms. The van der Waals surface area contributed by atoms with E-state index in [1.807, 2.05) is 6.92 Å². The lowest BCUT2D eigenvalue weighted by Crippen LogP contribution is -2.05. The van der Waals surface area contributed by atoms with E-state index in [4.69, 9.17) is 14.4 Å². The number of ether oxygens (including phenoxy) is 1. The predicted molar refractivity (Wildman–Crippen MR) is 49.7 cm³/mol. The Bertz CT molecular complexity index is 269. The fraction of sp³-hybridized carbons (Fsp3) is 0.778. The maximum Gasteiger partial charge on any atom is 0.229 e. The summed E-state index contributed by atoms with van der Waals surface area (Å²) in [6.07, 6.45) is 0.588. The fourth-order valence-electron chi connectivity index (χ4n) is 1.19. The first kappa shape index (κ1) is 11.1. The number of aliphatic hydroxyl groups is 1. The molecule has 0 radical (unpaired) electrons. The molecule has 1 N–H and O–H groups in total. The van der Waals surface area contributed by atoms with Crippen molar-refractivity contribution in [2.24, 2.45) is 0 Å². The minimum atomic E-state index is -0.467. The number of rotatable bonds is 5. The van der Waals surface area contributed by atoms with E-state index in [9.17, 15) is 0 Å². The predicted octanol–water partition coefficient (Wildman–Crippen LogP) is 1.09. The number of methoxy groups -OCH3 is 1. The summed E-state index contributed by atoms with van der Waals surface area (Å²) in [7, 11) is 1.61. The first-order valence-corrected chi connectivity index (χ1v) is 4.70. The molecule has 0 bridgehead atoms. The van der Waals surface area contributed by atoms with Crippen LogP contribution in [0.4, 0.5) is 0 Å². The molecule has 5 heteroatoms. The molecule has 0 aliphatic heterocycles. The highest BCUT2D eigenvalue weighted by Gasteiger charge is 2.16. The van der Waals surface area contributed by atoms with Crippen LogP contribution in [0.25, 0.3) is 0 Å². The monoisotopic (exact) mass is 200 g/mol. The van der Waals surface area contributed by atoms with Gasteiger partial charge in [-0.05, 0) is 13.3 Å². The molecule has 0 saturated heterocycles. The molecular weight excluding hydrogens is 184 g/mol. The van der Waals surface area contributed by atoms with Crippen molar-refractivity contribution in [2.45, 2.75) is 38.9 Å². The number of hydrogen-bond donors (Lipinski definition) is 1. The average molecular weight is 200 g/mol. The minimum absolute atomic E-state index is 0.124. The summed E-state index contributed by atoms with van der Waals surface area (Å²) >= 11 is 0. The normalized spacial score (nSPS) is 15.4. The van der Waals surface area contributed by atoms with Gasteiger partial charge >= 0.3 is 0 Å². The minimum Gasteiger partial charge on any atom is -0.393 e. The molecule has 0 aromatic carbocycles. The zero-order valence-corrected chi connectivity index (χ0v) is 8.73. The van der Waals surface area contributed by atoms with E-state index < -0.39 is 6.10 Å². The van der Waals surface area contributed by atoms with Gasteiger partial charge in [0.05, 0.1) is 12.5 Å². The van der Waals surface area contributed by atoms with Gasteiger partial charge in [-0.1, -0.05) is 12.1 Å². The lowest BCUT2D eigenvalue weighted by atomic mass is 10.2. The van der Waals surface area contributed by atoms with Crippen LogP contribution in [0.1, 0.15) is 38.1 Å². The maximum atomic E-state index is 9.11. The highest BCUT2D eigenvalue weighted by atomic mass is 16.5. The molecule has 5 nitrogen and oxygen atoms in total. The van der Waals surface area contributed by atoms with Gasteiger partial charge in [0.15, 0.2) is 0 Å². The molecule has 0 amide bonds. The molecule has 0 aliphatic carbocycles. The third-order valence-electron chi connectivity index (χ3n) is 1.90. The number of aliphatic hydroxyl groups excluding tert-OH is 1. The molecule has 0 aliphatic rings. The van der Waals surface area contributed by atoms with Crippen LogP contribution in [0, 0.1) is 0 Å². The largest absolute Gasteiger partial charge is 0.393 e.